The van der Waals surface area contributed by atoms with E-state index >= 15 is 0 Å². The Morgan fingerprint density at radius 3 is 2.47 bits per heavy atom. The van der Waals surface area contributed by atoms with Crippen molar-refractivity contribution in [3.63, 3.8) is 0 Å². The van der Waals surface area contributed by atoms with Gasteiger partial charge in [0.2, 0.25) is 10.0 Å². The number of aromatic nitrogens is 1. The molecule has 0 radical (unpaired) electrons. The van der Waals surface area contributed by atoms with E-state index in [9.17, 15) is 39.9 Å². The van der Waals surface area contributed by atoms with E-state index < -0.39 is 46.4 Å². The number of morpholine rings is 1. The maximum atomic E-state index is 13.2. The second-order valence-electron chi connectivity index (χ2n) is 9.13. The average Bonchev–Trinajstić information content (AvgIpc) is 2.83. The fourth-order valence-corrected chi connectivity index (χ4v) is 5.38. The molecule has 1 aromatic heterocycles. The Hall–Kier alpha value is -1.78. The van der Waals surface area contributed by atoms with Crippen LogP contribution < -0.4 is 4.72 Å². The van der Waals surface area contributed by atoms with Crippen molar-refractivity contribution in [3.05, 3.63) is 35.6 Å². The van der Waals surface area contributed by atoms with Crippen LogP contribution >= 0.6 is 11.6 Å². The Kier molecular flexibility index (Phi) is 9.52. The van der Waals surface area contributed by atoms with Crippen LogP contribution in [0.25, 0.3) is 0 Å². The number of aliphatic imine (C=N–C) groups is 1. The number of aliphatic hydroxyl groups is 1. The van der Waals surface area contributed by atoms with Crippen LogP contribution in [0.15, 0.2) is 40.4 Å². The molecule has 1 saturated heterocycles. The van der Waals surface area contributed by atoms with E-state index in [-0.39, 0.29) is 41.3 Å². The molecular formula is C22H27ClF6N4O4S. The summed E-state index contributed by atoms with van der Waals surface area (Å²) >= 11 is 5.70. The van der Waals surface area contributed by atoms with Gasteiger partial charge in [-0.3, -0.25) is 9.89 Å². The maximum Gasteiger partial charge on any atom is 0.426 e. The van der Waals surface area contributed by atoms with Crippen LogP contribution in [-0.4, -0.2) is 92.0 Å². The third-order valence-electron chi connectivity index (χ3n) is 6.45. The number of nitrogens with one attached hydrogen (secondary N) is 1. The Morgan fingerprint density at radius 2 is 1.95 bits per heavy atom. The first-order valence-corrected chi connectivity index (χ1v) is 13.4. The molecule has 0 aromatic carbocycles. The molecule has 0 bridgehead atoms. The number of ether oxygens (including phenoxy) is 1. The minimum Gasteiger partial charge on any atom is -0.379 e. The van der Waals surface area contributed by atoms with Crippen LogP contribution in [-0.2, 0) is 14.8 Å². The van der Waals surface area contributed by atoms with Crippen LogP contribution in [0.1, 0.15) is 19.8 Å². The molecule has 1 aromatic rings. The number of halogens is 7. The lowest BCUT2D eigenvalue weighted by molar-refractivity contribution is -0.380. The summed E-state index contributed by atoms with van der Waals surface area (Å²) < 4.78 is 113. The highest BCUT2D eigenvalue weighted by Crippen LogP contribution is 2.50. The number of nitrogens with zero attached hydrogens (tertiary/aromatic N) is 3. The maximum absolute atomic E-state index is 13.2. The molecule has 3 atom stereocenters. The van der Waals surface area contributed by atoms with Gasteiger partial charge in [-0.05, 0) is 38.0 Å². The zero-order valence-corrected chi connectivity index (χ0v) is 21.7. The molecule has 8 nitrogen and oxygen atoms in total. The summed E-state index contributed by atoms with van der Waals surface area (Å²) in [7, 11) is -4.01. The first-order chi connectivity index (χ1) is 17.5. The number of alkyl halides is 6. The molecule has 214 valence electrons. The summed E-state index contributed by atoms with van der Waals surface area (Å²) in [6, 6.07) is 1.80. The van der Waals surface area contributed by atoms with Gasteiger partial charge in [0.1, 0.15) is 10.0 Å². The number of allylic oxidation sites excluding steroid dienone is 1. The minimum absolute atomic E-state index is 0.0247. The van der Waals surface area contributed by atoms with Gasteiger partial charge < -0.3 is 9.84 Å². The predicted molar refractivity (Wildman–Crippen MR) is 126 cm³/mol. The van der Waals surface area contributed by atoms with Gasteiger partial charge in [-0.25, -0.2) is 18.1 Å². The zero-order valence-electron chi connectivity index (χ0n) is 20.1. The summed E-state index contributed by atoms with van der Waals surface area (Å²) in [5.74, 6) is -2.25. The van der Waals surface area contributed by atoms with Crippen molar-refractivity contribution in [1.82, 2.24) is 14.6 Å². The summed E-state index contributed by atoms with van der Waals surface area (Å²) in [5, 5.41) is 9.77. The fraction of sp³-hybridized carbons (Fsp3) is 0.636. The number of pyridine rings is 1. The zero-order chi connectivity index (χ0) is 28.4. The molecule has 0 amide bonds. The van der Waals surface area contributed by atoms with E-state index in [1.165, 1.54) is 12.1 Å². The minimum atomic E-state index is -5.93. The molecule has 2 N–H and O–H groups in total. The summed E-state index contributed by atoms with van der Waals surface area (Å²) in [4.78, 5) is 10.0. The smallest absolute Gasteiger partial charge is 0.379 e. The third kappa shape index (κ3) is 7.04. The molecule has 0 spiro atoms. The number of rotatable bonds is 8. The molecule has 2 heterocycles. The predicted octanol–water partition coefficient (Wildman–Crippen LogP) is 3.37. The molecule has 16 heteroatoms. The van der Waals surface area contributed by atoms with E-state index in [1.54, 1.807) is 0 Å². The number of sulfonamides is 1. The van der Waals surface area contributed by atoms with E-state index in [1.807, 2.05) is 11.8 Å². The summed E-state index contributed by atoms with van der Waals surface area (Å²) in [5.41, 5.74) is -4.71. The topological polar surface area (TPSA) is 104 Å². The van der Waals surface area contributed by atoms with E-state index in [4.69, 9.17) is 16.3 Å². The van der Waals surface area contributed by atoms with Gasteiger partial charge in [-0.15, -0.1) is 0 Å². The molecule has 1 fully saturated rings. The first-order valence-electron chi connectivity index (χ1n) is 11.6. The van der Waals surface area contributed by atoms with Gasteiger partial charge in [0.25, 0.3) is 5.60 Å². The van der Waals surface area contributed by atoms with Gasteiger partial charge in [0, 0.05) is 43.5 Å². The number of hydrogen-bond acceptors (Lipinski definition) is 7. The van der Waals surface area contributed by atoms with Gasteiger partial charge in [-0.2, -0.15) is 26.3 Å². The van der Waals surface area contributed by atoms with Crippen LogP contribution in [0.4, 0.5) is 26.3 Å². The van der Waals surface area contributed by atoms with Crippen LogP contribution in [0.2, 0.25) is 5.15 Å². The van der Waals surface area contributed by atoms with Crippen molar-refractivity contribution < 1.29 is 44.6 Å². The molecule has 38 heavy (non-hydrogen) atoms. The molecule has 3 rings (SSSR count). The van der Waals surface area contributed by atoms with Crippen molar-refractivity contribution in [2.24, 2.45) is 10.9 Å². The lowest BCUT2D eigenvalue weighted by Crippen LogP contribution is -2.61. The highest BCUT2D eigenvalue weighted by Gasteiger charge is 2.73. The molecular weight excluding hydrogens is 566 g/mol. The molecule has 1 aliphatic heterocycles. The van der Waals surface area contributed by atoms with Gasteiger partial charge in [0.15, 0.2) is 0 Å². The average molecular weight is 593 g/mol. The highest BCUT2D eigenvalue weighted by atomic mass is 35.5. The van der Waals surface area contributed by atoms with Gasteiger partial charge >= 0.3 is 12.4 Å². The lowest BCUT2D eigenvalue weighted by atomic mass is 9.79. The largest absolute Gasteiger partial charge is 0.426 e. The summed E-state index contributed by atoms with van der Waals surface area (Å²) in [6.07, 6.45) is -10.1. The lowest BCUT2D eigenvalue weighted by Gasteiger charge is -2.38. The van der Waals surface area contributed by atoms with E-state index in [0.717, 1.165) is 12.3 Å². The fourth-order valence-electron chi connectivity index (χ4n) is 4.25. The second-order valence-corrected chi connectivity index (χ2v) is 11.3. The Labute approximate surface area is 220 Å². The van der Waals surface area contributed by atoms with Crippen molar-refractivity contribution in [2.45, 2.75) is 54.7 Å². The molecule has 3 unspecified atom stereocenters. The summed E-state index contributed by atoms with van der Waals surface area (Å²) in [6.45, 7) is 3.34. The van der Waals surface area contributed by atoms with Crippen molar-refractivity contribution in [3.8, 4) is 0 Å². The van der Waals surface area contributed by atoms with E-state index in [2.05, 4.69) is 14.7 Å². The standard InChI is InChI=1S/C22H27ClF6N4O4S/c1-14-13-37-9-8-33(14)12-17(10-31-38(35,36)18-6-7-19(23)30-11-18)32-16-4-2-15(3-5-16)20(34,21(24,25)26)22(27,28)29/h2,4,6-7,11,14-15,17,31,34H,3,5,8-10,12-13H2,1H3. The normalized spacial score (nSPS) is 24.1. The van der Waals surface area contributed by atoms with Crippen molar-refractivity contribution in [2.75, 3.05) is 32.8 Å². The quantitative estimate of drug-likeness (QED) is 0.354. The third-order valence-corrected chi connectivity index (χ3v) is 8.08. The SMILES string of the molecule is CC1COCCN1CC(CNS(=O)(=O)c1ccc(Cl)nc1)N=C1C=CC(C(O)(C(F)(F)F)C(F)(F)F)CC1. The molecule has 0 saturated carbocycles. The monoisotopic (exact) mass is 592 g/mol. The Morgan fingerprint density at radius 1 is 1.26 bits per heavy atom. The van der Waals surface area contributed by atoms with Crippen LogP contribution in [0.5, 0.6) is 0 Å². The Balaban J connectivity index is 1.82. The van der Waals surface area contributed by atoms with Crippen molar-refractivity contribution in [1.29, 1.82) is 0 Å². The van der Waals surface area contributed by atoms with Crippen molar-refractivity contribution >= 4 is 27.3 Å². The van der Waals surface area contributed by atoms with Crippen LogP contribution in [0, 0.1) is 5.92 Å². The molecule has 1 aliphatic carbocycles. The van der Waals surface area contributed by atoms with E-state index in [0.29, 0.717) is 25.8 Å². The highest BCUT2D eigenvalue weighted by molar-refractivity contribution is 7.89. The first kappa shape index (κ1) is 30.8. The van der Waals surface area contributed by atoms with Gasteiger partial charge in [-0.1, -0.05) is 17.7 Å². The second kappa shape index (κ2) is 11.8. The van der Waals surface area contributed by atoms with Crippen LogP contribution in [0.3, 0.4) is 0 Å². The molecule has 2 aliphatic rings. The number of hydrogen-bond donors (Lipinski definition) is 2. The van der Waals surface area contributed by atoms with Gasteiger partial charge in [0.05, 0.1) is 19.3 Å². The Bertz CT molecular complexity index is 1110.